The fourth-order valence-electron chi connectivity index (χ4n) is 1.68. The van der Waals surface area contributed by atoms with Crippen LogP contribution in [0.5, 0.6) is 0 Å². The van der Waals surface area contributed by atoms with Gasteiger partial charge in [0.2, 0.25) is 0 Å². The smallest absolute Gasteiger partial charge is 0.416 e. The first-order valence-corrected chi connectivity index (χ1v) is 6.29. The Morgan fingerprint density at radius 3 is 2.62 bits per heavy atom. The van der Waals surface area contributed by atoms with Gasteiger partial charge in [0.05, 0.1) is 34.6 Å². The van der Waals surface area contributed by atoms with Crippen LogP contribution in [0.4, 0.5) is 13.2 Å². The summed E-state index contributed by atoms with van der Waals surface area (Å²) in [6.07, 6.45) is -1.97. The lowest BCUT2D eigenvalue weighted by atomic mass is 10.1. The van der Waals surface area contributed by atoms with Crippen molar-refractivity contribution in [2.75, 3.05) is 6.61 Å². The molecule has 0 atom stereocenters. The number of alkyl halides is 3. The van der Waals surface area contributed by atoms with Crippen LogP contribution in [0.3, 0.4) is 0 Å². The molecule has 0 aliphatic carbocycles. The minimum atomic E-state index is -4.59. The third-order valence-electron chi connectivity index (χ3n) is 2.57. The Kier molecular flexibility index (Phi) is 4.22. The summed E-state index contributed by atoms with van der Waals surface area (Å²) >= 11 is 5.69. The second kappa shape index (κ2) is 5.77. The summed E-state index contributed by atoms with van der Waals surface area (Å²) in [7, 11) is 0. The van der Waals surface area contributed by atoms with Crippen molar-refractivity contribution < 1.29 is 22.7 Å². The third-order valence-corrected chi connectivity index (χ3v) is 2.77. The average molecular weight is 319 g/mol. The quantitative estimate of drug-likeness (QED) is 0.810. The average Bonchev–Trinajstić information content (AvgIpc) is 2.84. The van der Waals surface area contributed by atoms with Gasteiger partial charge in [-0.05, 0) is 25.1 Å². The summed E-state index contributed by atoms with van der Waals surface area (Å²) in [6.45, 7) is 1.64. The third kappa shape index (κ3) is 3.55. The second-order valence-corrected chi connectivity index (χ2v) is 4.53. The van der Waals surface area contributed by atoms with E-state index in [0.29, 0.717) is 0 Å². The van der Waals surface area contributed by atoms with Gasteiger partial charge in [0.1, 0.15) is 0 Å². The number of esters is 1. The van der Waals surface area contributed by atoms with Gasteiger partial charge in [-0.25, -0.2) is 9.48 Å². The van der Waals surface area contributed by atoms with Gasteiger partial charge < -0.3 is 4.74 Å². The molecule has 2 rings (SSSR count). The molecule has 8 heteroatoms. The van der Waals surface area contributed by atoms with Crippen LogP contribution >= 0.6 is 11.6 Å². The topological polar surface area (TPSA) is 44.1 Å². The lowest BCUT2D eigenvalue weighted by Gasteiger charge is -2.11. The predicted octanol–water partition coefficient (Wildman–Crippen LogP) is 3.72. The summed E-state index contributed by atoms with van der Waals surface area (Å²) < 4.78 is 44.6. The number of benzene rings is 1. The molecule has 4 nitrogen and oxygen atoms in total. The maximum absolute atomic E-state index is 12.9. The van der Waals surface area contributed by atoms with E-state index in [2.05, 4.69) is 5.10 Å². The summed E-state index contributed by atoms with van der Waals surface area (Å²) in [6, 6.07) is 2.88. The van der Waals surface area contributed by atoms with Crippen molar-refractivity contribution in [2.45, 2.75) is 13.1 Å². The van der Waals surface area contributed by atoms with Crippen molar-refractivity contribution >= 4 is 17.6 Å². The summed E-state index contributed by atoms with van der Waals surface area (Å²) in [5, 5.41) is 4.09. The molecule has 1 aromatic carbocycles. The number of ether oxygens (including phenoxy) is 1. The van der Waals surface area contributed by atoms with Crippen molar-refractivity contribution in [1.29, 1.82) is 0 Å². The van der Waals surface area contributed by atoms with E-state index in [0.717, 1.165) is 16.8 Å². The minimum Gasteiger partial charge on any atom is -0.462 e. The van der Waals surface area contributed by atoms with Crippen LogP contribution in [0, 0.1) is 0 Å². The zero-order valence-corrected chi connectivity index (χ0v) is 11.6. The van der Waals surface area contributed by atoms with E-state index in [9.17, 15) is 18.0 Å². The minimum absolute atomic E-state index is 0.0675. The molecule has 1 aromatic heterocycles. The van der Waals surface area contributed by atoms with Crippen LogP contribution in [0.15, 0.2) is 30.6 Å². The fourth-order valence-corrected chi connectivity index (χ4v) is 1.82. The normalized spacial score (nSPS) is 11.5. The lowest BCUT2D eigenvalue weighted by Crippen LogP contribution is -2.11. The van der Waals surface area contributed by atoms with Crippen molar-refractivity contribution in [3.05, 3.63) is 46.7 Å². The highest BCUT2D eigenvalue weighted by Gasteiger charge is 2.32. The van der Waals surface area contributed by atoms with E-state index in [1.807, 2.05) is 0 Å². The predicted molar refractivity (Wildman–Crippen MR) is 69.5 cm³/mol. The molecule has 112 valence electrons. The molecule has 21 heavy (non-hydrogen) atoms. The Morgan fingerprint density at radius 2 is 2.10 bits per heavy atom. The van der Waals surface area contributed by atoms with Crippen molar-refractivity contribution in [1.82, 2.24) is 9.78 Å². The number of rotatable bonds is 3. The van der Waals surface area contributed by atoms with Crippen LogP contribution in [-0.2, 0) is 10.9 Å². The molecule has 0 radical (unpaired) electrons. The van der Waals surface area contributed by atoms with E-state index in [-0.39, 0.29) is 22.9 Å². The van der Waals surface area contributed by atoms with Gasteiger partial charge >= 0.3 is 12.1 Å². The van der Waals surface area contributed by atoms with E-state index < -0.39 is 17.7 Å². The van der Waals surface area contributed by atoms with Crippen LogP contribution < -0.4 is 0 Å². The number of nitrogens with zero attached hydrogens (tertiary/aromatic N) is 2. The molecule has 0 N–H and O–H groups in total. The highest BCUT2D eigenvalue weighted by atomic mass is 35.5. The van der Waals surface area contributed by atoms with Crippen molar-refractivity contribution in [2.24, 2.45) is 0 Å². The Bertz CT molecular complexity index is 668. The number of carbonyl (C=O) groups excluding carboxylic acids is 1. The van der Waals surface area contributed by atoms with Gasteiger partial charge in [-0.3, -0.25) is 0 Å². The van der Waals surface area contributed by atoms with E-state index >= 15 is 0 Å². The number of hydrogen-bond donors (Lipinski definition) is 0. The van der Waals surface area contributed by atoms with Gasteiger partial charge in [-0.15, -0.1) is 0 Å². The molecule has 0 bridgehead atoms. The number of carbonyl (C=O) groups is 1. The molecule has 0 fully saturated rings. The summed E-state index contributed by atoms with van der Waals surface area (Å²) in [5.41, 5.74) is -1.09. The largest absolute Gasteiger partial charge is 0.462 e. The van der Waals surface area contributed by atoms with Crippen LogP contribution in [0.2, 0.25) is 5.02 Å². The molecule has 0 spiro atoms. The Labute approximate surface area is 123 Å². The zero-order chi connectivity index (χ0) is 15.6. The molecule has 0 amide bonds. The first kappa shape index (κ1) is 15.4. The van der Waals surface area contributed by atoms with E-state index in [4.69, 9.17) is 16.3 Å². The first-order chi connectivity index (χ1) is 9.81. The van der Waals surface area contributed by atoms with E-state index in [1.54, 1.807) is 6.92 Å². The van der Waals surface area contributed by atoms with Gasteiger partial charge in [0, 0.05) is 6.20 Å². The standard InChI is InChI=1S/C13H10ClF3N2O2/c1-2-21-12(20)8-3-9(13(15,16)17)5-11(4-8)19-7-10(14)6-18-19/h3-7H,2H2,1H3. The number of hydrogen-bond acceptors (Lipinski definition) is 3. The fraction of sp³-hybridized carbons (Fsp3) is 0.231. The Hall–Kier alpha value is -2.02. The highest BCUT2D eigenvalue weighted by Crippen LogP contribution is 2.31. The molecular formula is C13H10ClF3N2O2. The maximum Gasteiger partial charge on any atom is 0.416 e. The SMILES string of the molecule is CCOC(=O)c1cc(-n2cc(Cl)cn2)cc(C(F)(F)F)c1. The maximum atomic E-state index is 12.9. The monoisotopic (exact) mass is 318 g/mol. The van der Waals surface area contributed by atoms with E-state index in [1.165, 1.54) is 18.5 Å². The molecule has 0 saturated carbocycles. The molecule has 0 saturated heterocycles. The van der Waals surface area contributed by atoms with Crippen LogP contribution in [0.1, 0.15) is 22.8 Å². The van der Waals surface area contributed by atoms with Gasteiger partial charge in [0.25, 0.3) is 0 Å². The van der Waals surface area contributed by atoms with Gasteiger partial charge in [-0.2, -0.15) is 18.3 Å². The van der Waals surface area contributed by atoms with Crippen molar-refractivity contribution in [3.8, 4) is 5.69 Å². The van der Waals surface area contributed by atoms with Gasteiger partial charge in [0.15, 0.2) is 0 Å². The van der Waals surface area contributed by atoms with Crippen LogP contribution in [-0.4, -0.2) is 22.4 Å². The molecule has 0 aliphatic rings. The molecule has 0 unspecified atom stereocenters. The zero-order valence-electron chi connectivity index (χ0n) is 10.8. The molecular weight excluding hydrogens is 309 g/mol. The number of halogens is 4. The molecule has 1 heterocycles. The Balaban J connectivity index is 2.54. The lowest BCUT2D eigenvalue weighted by molar-refractivity contribution is -0.137. The highest BCUT2D eigenvalue weighted by molar-refractivity contribution is 6.30. The number of aromatic nitrogens is 2. The first-order valence-electron chi connectivity index (χ1n) is 5.91. The Morgan fingerprint density at radius 1 is 1.38 bits per heavy atom. The van der Waals surface area contributed by atoms with Gasteiger partial charge in [-0.1, -0.05) is 11.6 Å². The summed E-state index contributed by atoms with van der Waals surface area (Å²) in [4.78, 5) is 11.7. The molecule has 0 aliphatic heterocycles. The second-order valence-electron chi connectivity index (χ2n) is 4.09. The molecule has 2 aromatic rings. The van der Waals surface area contributed by atoms with Crippen molar-refractivity contribution in [3.63, 3.8) is 0 Å². The summed E-state index contributed by atoms with van der Waals surface area (Å²) in [5.74, 6) is -0.830. The van der Waals surface area contributed by atoms with Crippen LogP contribution in [0.25, 0.3) is 5.69 Å².